The number of nitrogens with zero attached hydrogens (tertiary/aromatic N) is 2. The van der Waals surface area contributed by atoms with Crippen molar-refractivity contribution in [2.24, 2.45) is 0 Å². The predicted octanol–water partition coefficient (Wildman–Crippen LogP) is 3.06. The van der Waals surface area contributed by atoms with Crippen LogP contribution in [0.3, 0.4) is 0 Å². The summed E-state index contributed by atoms with van der Waals surface area (Å²) in [6.45, 7) is 4.25. The molecule has 0 spiro atoms. The van der Waals surface area contributed by atoms with Crippen LogP contribution in [0.4, 0.5) is 0 Å². The molecule has 108 valence electrons. The zero-order valence-electron chi connectivity index (χ0n) is 11.1. The van der Waals surface area contributed by atoms with Crippen molar-refractivity contribution >= 4 is 31.9 Å². The first-order valence-corrected chi connectivity index (χ1v) is 7.95. The minimum absolute atomic E-state index is 0.645. The van der Waals surface area contributed by atoms with E-state index in [1.54, 1.807) is 0 Å². The van der Waals surface area contributed by atoms with Gasteiger partial charge in [-0.2, -0.15) is 5.10 Å². The lowest BCUT2D eigenvalue weighted by atomic mass is 10.2. The zero-order chi connectivity index (χ0) is 14.4. The molecular formula is C13H16Br2N4O. The maximum absolute atomic E-state index is 5.56. The molecule has 0 radical (unpaired) electrons. The van der Waals surface area contributed by atoms with Gasteiger partial charge in [0.15, 0.2) is 0 Å². The van der Waals surface area contributed by atoms with E-state index < -0.39 is 0 Å². The Morgan fingerprint density at radius 1 is 1.30 bits per heavy atom. The van der Waals surface area contributed by atoms with E-state index in [4.69, 9.17) is 4.74 Å². The second-order valence-electron chi connectivity index (χ2n) is 4.18. The van der Waals surface area contributed by atoms with Crippen LogP contribution in [-0.4, -0.2) is 28.3 Å². The molecule has 0 saturated carbocycles. The lowest BCUT2D eigenvalue weighted by Gasteiger charge is -2.11. The van der Waals surface area contributed by atoms with Crippen molar-refractivity contribution in [1.29, 1.82) is 0 Å². The van der Waals surface area contributed by atoms with E-state index in [9.17, 15) is 0 Å². The van der Waals surface area contributed by atoms with Gasteiger partial charge in [-0.05, 0) is 56.5 Å². The number of aromatic amines is 1. The van der Waals surface area contributed by atoms with Crippen LogP contribution in [0.1, 0.15) is 18.3 Å². The Morgan fingerprint density at radius 2 is 2.05 bits per heavy atom. The van der Waals surface area contributed by atoms with Gasteiger partial charge < -0.3 is 10.1 Å². The van der Waals surface area contributed by atoms with Crippen LogP contribution in [0.2, 0.25) is 0 Å². The third kappa shape index (κ3) is 4.29. The van der Waals surface area contributed by atoms with E-state index in [2.05, 4.69) is 64.5 Å². The third-order valence-corrected chi connectivity index (χ3v) is 3.86. The van der Waals surface area contributed by atoms with Gasteiger partial charge in [-0.3, -0.25) is 5.10 Å². The lowest BCUT2D eigenvalue weighted by Crippen LogP contribution is -2.17. The van der Waals surface area contributed by atoms with Gasteiger partial charge >= 0.3 is 0 Å². The monoisotopic (exact) mass is 402 g/mol. The largest absolute Gasteiger partial charge is 0.492 e. The van der Waals surface area contributed by atoms with E-state index in [0.29, 0.717) is 6.61 Å². The summed E-state index contributed by atoms with van der Waals surface area (Å²) in [7, 11) is 0. The SMILES string of the molecule is CCOc1c(Br)cc(CNCCc2ncn[nH]2)cc1Br. The molecule has 2 rings (SSSR count). The molecule has 0 aliphatic carbocycles. The average molecular weight is 404 g/mol. The Bertz CT molecular complexity index is 522. The van der Waals surface area contributed by atoms with Gasteiger partial charge in [0.05, 0.1) is 15.6 Å². The van der Waals surface area contributed by atoms with Crippen LogP contribution in [0, 0.1) is 0 Å². The Kier molecular flexibility index (Phi) is 6.00. The number of hydrogen-bond acceptors (Lipinski definition) is 4. The van der Waals surface area contributed by atoms with E-state index in [1.807, 2.05) is 6.92 Å². The quantitative estimate of drug-likeness (QED) is 0.697. The molecular weight excluding hydrogens is 388 g/mol. The molecule has 0 bridgehead atoms. The molecule has 1 aromatic carbocycles. The molecule has 0 amide bonds. The highest BCUT2D eigenvalue weighted by Crippen LogP contribution is 2.34. The highest BCUT2D eigenvalue weighted by Gasteiger charge is 2.08. The topological polar surface area (TPSA) is 62.8 Å². The minimum Gasteiger partial charge on any atom is -0.492 e. The van der Waals surface area contributed by atoms with Crippen molar-refractivity contribution in [3.63, 3.8) is 0 Å². The second kappa shape index (κ2) is 7.75. The normalized spacial score (nSPS) is 10.8. The first-order chi connectivity index (χ1) is 9.70. The molecule has 1 heterocycles. The van der Waals surface area contributed by atoms with E-state index >= 15 is 0 Å². The smallest absolute Gasteiger partial charge is 0.147 e. The van der Waals surface area contributed by atoms with E-state index in [1.165, 1.54) is 11.9 Å². The van der Waals surface area contributed by atoms with Gasteiger partial charge in [0, 0.05) is 19.5 Å². The Morgan fingerprint density at radius 3 is 2.65 bits per heavy atom. The standard InChI is InChI=1S/C13H16Br2N4O/c1-2-20-13-10(14)5-9(6-11(13)15)7-16-4-3-12-17-8-18-19-12/h5-6,8,16H,2-4,7H2,1H3,(H,17,18,19). The highest BCUT2D eigenvalue weighted by atomic mass is 79.9. The molecule has 0 aliphatic rings. The number of hydrogen-bond donors (Lipinski definition) is 2. The van der Waals surface area contributed by atoms with Crippen LogP contribution in [0.15, 0.2) is 27.4 Å². The zero-order valence-corrected chi connectivity index (χ0v) is 14.3. The molecule has 5 nitrogen and oxygen atoms in total. The summed E-state index contributed by atoms with van der Waals surface area (Å²) in [5.41, 5.74) is 1.18. The number of benzene rings is 1. The molecule has 2 aromatic rings. The van der Waals surface area contributed by atoms with Crippen molar-refractivity contribution in [1.82, 2.24) is 20.5 Å². The van der Waals surface area contributed by atoms with Crippen molar-refractivity contribution in [2.75, 3.05) is 13.2 Å². The van der Waals surface area contributed by atoms with Gasteiger partial charge in [0.2, 0.25) is 0 Å². The number of ether oxygens (including phenoxy) is 1. The Hall–Kier alpha value is -0.920. The van der Waals surface area contributed by atoms with E-state index in [-0.39, 0.29) is 0 Å². The molecule has 0 unspecified atom stereocenters. The molecule has 0 aliphatic heterocycles. The summed E-state index contributed by atoms with van der Waals surface area (Å²) in [5, 5.41) is 10.0. The van der Waals surface area contributed by atoms with Gasteiger partial charge in [0.25, 0.3) is 0 Å². The molecule has 0 saturated heterocycles. The number of aromatic nitrogens is 3. The summed E-state index contributed by atoms with van der Waals surface area (Å²) in [4.78, 5) is 4.08. The van der Waals surface area contributed by atoms with Crippen molar-refractivity contribution in [3.8, 4) is 5.75 Å². The molecule has 7 heteroatoms. The van der Waals surface area contributed by atoms with Crippen molar-refractivity contribution in [3.05, 3.63) is 38.8 Å². The van der Waals surface area contributed by atoms with Crippen LogP contribution in [0.5, 0.6) is 5.75 Å². The number of H-pyrrole nitrogens is 1. The van der Waals surface area contributed by atoms with Crippen LogP contribution < -0.4 is 10.1 Å². The highest BCUT2D eigenvalue weighted by molar-refractivity contribution is 9.11. The van der Waals surface area contributed by atoms with Gasteiger partial charge in [0.1, 0.15) is 17.9 Å². The van der Waals surface area contributed by atoms with Gasteiger partial charge in [-0.1, -0.05) is 0 Å². The maximum atomic E-state index is 5.56. The van der Waals surface area contributed by atoms with Crippen LogP contribution in [0.25, 0.3) is 0 Å². The minimum atomic E-state index is 0.645. The van der Waals surface area contributed by atoms with Crippen LogP contribution in [-0.2, 0) is 13.0 Å². The number of halogens is 2. The fourth-order valence-electron chi connectivity index (χ4n) is 1.79. The summed E-state index contributed by atoms with van der Waals surface area (Å²) in [6, 6.07) is 4.13. The fraction of sp³-hybridized carbons (Fsp3) is 0.385. The Balaban J connectivity index is 1.86. The summed E-state index contributed by atoms with van der Waals surface area (Å²) >= 11 is 7.07. The van der Waals surface area contributed by atoms with Gasteiger partial charge in [-0.15, -0.1) is 0 Å². The number of rotatable bonds is 7. The maximum Gasteiger partial charge on any atom is 0.147 e. The lowest BCUT2D eigenvalue weighted by molar-refractivity contribution is 0.336. The summed E-state index contributed by atoms with van der Waals surface area (Å²) in [5.74, 6) is 1.74. The second-order valence-corrected chi connectivity index (χ2v) is 5.89. The third-order valence-electron chi connectivity index (χ3n) is 2.68. The first kappa shape index (κ1) is 15.5. The van der Waals surface area contributed by atoms with Crippen molar-refractivity contribution in [2.45, 2.75) is 19.9 Å². The fourth-order valence-corrected chi connectivity index (χ4v) is 3.30. The van der Waals surface area contributed by atoms with E-state index in [0.717, 1.165) is 40.0 Å². The van der Waals surface area contributed by atoms with Gasteiger partial charge in [-0.25, -0.2) is 4.98 Å². The molecule has 20 heavy (non-hydrogen) atoms. The van der Waals surface area contributed by atoms with Crippen molar-refractivity contribution < 1.29 is 4.74 Å². The average Bonchev–Trinajstić information content (AvgIpc) is 2.92. The Labute approximate surface area is 134 Å². The number of nitrogens with one attached hydrogen (secondary N) is 2. The predicted molar refractivity (Wildman–Crippen MR) is 84.8 cm³/mol. The molecule has 0 fully saturated rings. The molecule has 1 aromatic heterocycles. The van der Waals surface area contributed by atoms with Crippen LogP contribution >= 0.6 is 31.9 Å². The molecule has 0 atom stereocenters. The molecule has 2 N–H and O–H groups in total. The summed E-state index contributed by atoms with van der Waals surface area (Å²) < 4.78 is 7.48. The summed E-state index contributed by atoms with van der Waals surface area (Å²) in [6.07, 6.45) is 2.36. The first-order valence-electron chi connectivity index (χ1n) is 6.36.